The molecule has 1 N–H and O–H groups in total. The smallest absolute Gasteiger partial charge is 0.148 e. The number of pyridine rings is 2. The van der Waals surface area contributed by atoms with Gasteiger partial charge in [0.2, 0.25) is 0 Å². The number of hydrogen-bond acceptors (Lipinski definition) is 11. The average Bonchev–Trinajstić information content (AvgIpc) is 2.87. The second kappa shape index (κ2) is 11.6. The van der Waals surface area contributed by atoms with Crippen LogP contribution >= 0.6 is 11.8 Å². The molecule has 0 spiro atoms. The van der Waals surface area contributed by atoms with Crippen LogP contribution in [0.15, 0.2) is 41.7 Å². The molecule has 1 fully saturated rings. The van der Waals surface area contributed by atoms with Gasteiger partial charge < -0.3 is 19.5 Å². The molecule has 14 heteroatoms. The summed E-state index contributed by atoms with van der Waals surface area (Å²) in [7, 11) is 10.3. The van der Waals surface area contributed by atoms with Gasteiger partial charge in [-0.15, -0.1) is 0 Å². The van der Waals surface area contributed by atoms with Crippen molar-refractivity contribution in [1.29, 1.82) is 10.5 Å². The monoisotopic (exact) mass is 513 g/mol. The Balaban J connectivity index is 1.66. The quantitative estimate of drug-likeness (QED) is 0.182. The van der Waals surface area contributed by atoms with Gasteiger partial charge in [-0.2, -0.15) is 20.7 Å². The maximum atomic E-state index is 13.7. The first-order chi connectivity index (χ1) is 17.8. The van der Waals surface area contributed by atoms with Gasteiger partial charge in [0.05, 0.1) is 48.4 Å². The number of aliphatic hydroxyl groups is 1. The van der Waals surface area contributed by atoms with Gasteiger partial charge in [-0.05, 0) is 24.3 Å². The van der Waals surface area contributed by atoms with E-state index in [0.717, 1.165) is 0 Å². The molecular weight excluding hydrogens is 495 g/mol. The molecule has 3 aromatic heterocycles. The number of anilines is 1. The van der Waals surface area contributed by atoms with Crippen molar-refractivity contribution in [2.24, 2.45) is 0 Å². The number of ether oxygens (including phenoxy) is 2. The molecule has 1 aliphatic heterocycles. The number of alkyl halides is 1. The Kier molecular flexibility index (Phi) is 8.24. The van der Waals surface area contributed by atoms with Crippen LogP contribution in [0, 0.1) is 22.7 Å². The number of thioether (sulfide) groups is 1. The highest BCUT2D eigenvalue weighted by Gasteiger charge is 2.32. The molecule has 3 aromatic rings. The van der Waals surface area contributed by atoms with Crippen LogP contribution in [0.5, 0.6) is 5.75 Å². The second-order valence-corrected chi connectivity index (χ2v) is 8.89. The molecule has 1 aliphatic rings. The van der Waals surface area contributed by atoms with E-state index in [0.29, 0.717) is 39.3 Å². The van der Waals surface area contributed by atoms with E-state index in [4.69, 9.17) is 25.2 Å². The first-order valence-corrected chi connectivity index (χ1v) is 12.0. The summed E-state index contributed by atoms with van der Waals surface area (Å²) in [6.07, 6.45) is 1.96. The number of aromatic nitrogens is 4. The fourth-order valence-electron chi connectivity index (χ4n) is 3.48. The molecule has 4 rings (SSSR count). The van der Waals surface area contributed by atoms with Gasteiger partial charge in [-0.1, -0.05) is 11.8 Å². The normalized spacial score (nSPS) is 13.5. The van der Waals surface area contributed by atoms with Crippen molar-refractivity contribution in [1.82, 2.24) is 20.2 Å². The number of nitriles is 2. The summed E-state index contributed by atoms with van der Waals surface area (Å²) in [4.78, 5) is 10.6. The van der Waals surface area contributed by atoms with Gasteiger partial charge in [-0.3, -0.25) is 4.98 Å². The SMILES string of the molecule is [B]C([B])(O)OCCOc1ccc(-c2c(C#N)c(SCc3cccnn3)nc(N3CC(F)C3)c2C#N)nc1. The van der Waals surface area contributed by atoms with Crippen LogP contribution in [-0.2, 0) is 10.5 Å². The van der Waals surface area contributed by atoms with Crippen molar-refractivity contribution in [3.8, 4) is 29.1 Å². The van der Waals surface area contributed by atoms with Crippen LogP contribution in [0.25, 0.3) is 11.3 Å². The molecular formula is C23H18B2FN7O3S. The Morgan fingerprint density at radius 1 is 1.19 bits per heavy atom. The van der Waals surface area contributed by atoms with Gasteiger partial charge in [0.15, 0.2) is 0 Å². The van der Waals surface area contributed by atoms with E-state index in [-0.39, 0.29) is 37.4 Å². The van der Waals surface area contributed by atoms with E-state index in [1.807, 2.05) is 0 Å². The Bertz CT molecular complexity index is 1330. The molecule has 182 valence electrons. The van der Waals surface area contributed by atoms with Gasteiger partial charge in [0.1, 0.15) is 62.8 Å². The third-order valence-corrected chi connectivity index (χ3v) is 6.18. The van der Waals surface area contributed by atoms with E-state index in [9.17, 15) is 20.0 Å². The molecule has 4 heterocycles. The number of hydrogen-bond donors (Lipinski definition) is 1. The summed E-state index contributed by atoms with van der Waals surface area (Å²) in [6, 6.07) is 11.0. The van der Waals surface area contributed by atoms with E-state index < -0.39 is 11.8 Å². The Morgan fingerprint density at radius 3 is 2.57 bits per heavy atom. The summed E-state index contributed by atoms with van der Waals surface area (Å²) in [5.41, 5.74) is -0.626. The van der Waals surface area contributed by atoms with E-state index in [1.165, 1.54) is 18.0 Å². The first-order valence-electron chi connectivity index (χ1n) is 11.0. The predicted octanol–water partition coefficient (Wildman–Crippen LogP) is 1.46. The fraction of sp³-hybridized carbons (Fsp3) is 0.304. The minimum atomic E-state index is -2.26. The zero-order valence-electron chi connectivity index (χ0n) is 19.4. The summed E-state index contributed by atoms with van der Waals surface area (Å²) in [5, 5.41) is 37.5. The molecule has 1 saturated heterocycles. The molecule has 0 aliphatic carbocycles. The molecule has 37 heavy (non-hydrogen) atoms. The Morgan fingerprint density at radius 2 is 1.97 bits per heavy atom. The molecule has 0 amide bonds. The van der Waals surface area contributed by atoms with Gasteiger partial charge in [0, 0.05) is 17.5 Å². The molecule has 0 bridgehead atoms. The standard InChI is InChI=1S/C23H18B2FN7O3S/c24-23(25,34)36-7-6-35-16-3-4-19(29-10-16)20-17(8-27)21(33-11-14(26)12-33)31-22(18(20)9-28)37-13-15-2-1-5-30-32-15/h1-5,10,14,34H,6-7,11-13H2. The Hall–Kier alpha value is -3.71. The van der Waals surface area contributed by atoms with Crippen molar-refractivity contribution < 1.29 is 19.0 Å². The van der Waals surface area contributed by atoms with Crippen LogP contribution in [0.2, 0.25) is 0 Å². The van der Waals surface area contributed by atoms with Gasteiger partial charge >= 0.3 is 0 Å². The zero-order valence-corrected chi connectivity index (χ0v) is 20.2. The third kappa shape index (κ3) is 6.54. The van der Waals surface area contributed by atoms with E-state index >= 15 is 0 Å². The van der Waals surface area contributed by atoms with Gasteiger partial charge in [-0.25, -0.2) is 9.37 Å². The van der Waals surface area contributed by atoms with Crippen LogP contribution in [-0.4, -0.2) is 79.0 Å². The van der Waals surface area contributed by atoms with Crippen LogP contribution in [0.3, 0.4) is 0 Å². The van der Waals surface area contributed by atoms with Crippen LogP contribution in [0.1, 0.15) is 16.8 Å². The fourth-order valence-corrected chi connectivity index (χ4v) is 4.36. The molecule has 0 unspecified atom stereocenters. The molecule has 10 nitrogen and oxygen atoms in total. The van der Waals surface area contributed by atoms with Crippen molar-refractivity contribution in [3.63, 3.8) is 0 Å². The second-order valence-electron chi connectivity index (χ2n) is 7.92. The summed E-state index contributed by atoms with van der Waals surface area (Å²) >= 11 is 1.27. The predicted molar refractivity (Wildman–Crippen MR) is 134 cm³/mol. The minimum Gasteiger partial charge on any atom is -0.490 e. The van der Waals surface area contributed by atoms with Crippen molar-refractivity contribution in [3.05, 3.63) is 53.5 Å². The summed E-state index contributed by atoms with van der Waals surface area (Å²) in [5.74, 6) is 1.05. The van der Waals surface area contributed by atoms with Crippen LogP contribution < -0.4 is 9.64 Å². The highest BCUT2D eigenvalue weighted by atomic mass is 32.2. The lowest BCUT2D eigenvalue weighted by Crippen LogP contribution is -2.49. The molecule has 4 radical (unpaired) electrons. The van der Waals surface area contributed by atoms with E-state index in [2.05, 4.69) is 32.3 Å². The van der Waals surface area contributed by atoms with Crippen molar-refractivity contribution >= 4 is 33.3 Å². The first kappa shape index (κ1) is 26.4. The highest BCUT2D eigenvalue weighted by molar-refractivity contribution is 7.98. The zero-order chi connectivity index (χ0) is 26.4. The van der Waals surface area contributed by atoms with E-state index in [1.54, 1.807) is 35.4 Å². The van der Waals surface area contributed by atoms with Gasteiger partial charge in [0.25, 0.3) is 0 Å². The highest BCUT2D eigenvalue weighted by Crippen LogP contribution is 2.39. The lowest BCUT2D eigenvalue weighted by Gasteiger charge is -2.36. The number of nitrogens with zero attached hydrogens (tertiary/aromatic N) is 7. The van der Waals surface area contributed by atoms with Crippen LogP contribution in [0.4, 0.5) is 10.2 Å². The largest absolute Gasteiger partial charge is 0.490 e. The summed E-state index contributed by atoms with van der Waals surface area (Å²) < 4.78 is 24.0. The topological polar surface area (TPSA) is 141 Å². The molecule has 0 aromatic carbocycles. The maximum absolute atomic E-state index is 13.7. The third-order valence-electron chi connectivity index (χ3n) is 5.17. The number of halogens is 1. The van der Waals surface area contributed by atoms with Crippen molar-refractivity contribution in [2.75, 3.05) is 31.2 Å². The van der Waals surface area contributed by atoms with Crippen molar-refractivity contribution in [2.45, 2.75) is 22.5 Å². The lowest BCUT2D eigenvalue weighted by atomic mass is 9.77. The molecule has 0 saturated carbocycles. The Labute approximate surface area is 219 Å². The summed E-state index contributed by atoms with van der Waals surface area (Å²) in [6.45, 7) is 0.162. The average molecular weight is 513 g/mol. The maximum Gasteiger partial charge on any atom is 0.148 e. The number of rotatable bonds is 10. The molecule has 0 atom stereocenters. The lowest BCUT2D eigenvalue weighted by molar-refractivity contribution is -0.0821. The minimum absolute atomic E-state index is 0.0343.